The minimum absolute atomic E-state index is 0.00621. The molecule has 0 spiro atoms. The number of benzene rings is 1. The van der Waals surface area contributed by atoms with E-state index < -0.39 is 28.9 Å². The highest BCUT2D eigenvalue weighted by atomic mass is 19.4. The molecule has 146 valence electrons. The van der Waals surface area contributed by atoms with E-state index in [1.54, 1.807) is 0 Å². The van der Waals surface area contributed by atoms with E-state index >= 15 is 0 Å². The van der Waals surface area contributed by atoms with Crippen LogP contribution in [0.3, 0.4) is 0 Å². The molecule has 1 aliphatic heterocycles. The Hall–Kier alpha value is -3.56. The summed E-state index contributed by atoms with van der Waals surface area (Å²) in [5.74, 6) is -0.413. The predicted octanol–water partition coefficient (Wildman–Crippen LogP) is 2.47. The van der Waals surface area contributed by atoms with Crippen molar-refractivity contribution in [3.63, 3.8) is 0 Å². The number of alkyl halides is 3. The Kier molecular flexibility index (Phi) is 4.72. The second-order valence-electron chi connectivity index (χ2n) is 5.92. The van der Waals surface area contributed by atoms with E-state index in [1.165, 1.54) is 44.5 Å². The maximum Gasteiger partial charge on any atom is 0.416 e. The summed E-state index contributed by atoms with van der Waals surface area (Å²) in [5.41, 5.74) is -2.40. The Bertz CT molecular complexity index is 1150. The number of aromatic nitrogens is 2. The molecule has 0 fully saturated rings. The number of aliphatic imine (C=N–C) groups is 1. The SMILES string of the molecule is Cn1c(O)c(/C=C2\C=CC(=Nc3cccc(C(F)(F)F)c3)O2)c(=O)n(C)c1=O. The number of ether oxygens (including phenoxy) is 1. The predicted molar refractivity (Wildman–Crippen MR) is 95.3 cm³/mol. The van der Waals surface area contributed by atoms with Crippen molar-refractivity contribution >= 4 is 17.7 Å². The maximum absolute atomic E-state index is 12.8. The van der Waals surface area contributed by atoms with Crippen LogP contribution < -0.4 is 11.2 Å². The summed E-state index contributed by atoms with van der Waals surface area (Å²) in [6.45, 7) is 0. The average molecular weight is 393 g/mol. The first-order valence-corrected chi connectivity index (χ1v) is 7.90. The zero-order valence-corrected chi connectivity index (χ0v) is 14.7. The lowest BCUT2D eigenvalue weighted by molar-refractivity contribution is -0.137. The fourth-order valence-corrected chi connectivity index (χ4v) is 2.49. The lowest BCUT2D eigenvalue weighted by atomic mass is 10.2. The summed E-state index contributed by atoms with van der Waals surface area (Å²) in [5, 5.41) is 10.0. The van der Waals surface area contributed by atoms with Gasteiger partial charge in [0.15, 0.2) is 0 Å². The van der Waals surface area contributed by atoms with E-state index in [9.17, 15) is 27.9 Å². The summed E-state index contributed by atoms with van der Waals surface area (Å²) in [4.78, 5) is 27.9. The van der Waals surface area contributed by atoms with Gasteiger partial charge in [0.05, 0.1) is 11.3 Å². The number of hydrogen-bond donors (Lipinski definition) is 1. The first-order valence-electron chi connectivity index (χ1n) is 7.90. The third-order valence-electron chi connectivity index (χ3n) is 3.98. The molecule has 1 aromatic heterocycles. The number of allylic oxidation sites excluding steroid dienone is 1. The van der Waals surface area contributed by atoms with Gasteiger partial charge < -0.3 is 9.84 Å². The largest absolute Gasteiger partial charge is 0.494 e. The highest BCUT2D eigenvalue weighted by molar-refractivity contribution is 5.94. The van der Waals surface area contributed by atoms with Crippen LogP contribution in [-0.2, 0) is 25.0 Å². The van der Waals surface area contributed by atoms with E-state index in [0.717, 1.165) is 21.3 Å². The summed E-state index contributed by atoms with van der Waals surface area (Å²) in [6, 6.07) is 4.42. The number of aromatic hydroxyl groups is 1. The van der Waals surface area contributed by atoms with E-state index in [2.05, 4.69) is 4.99 Å². The van der Waals surface area contributed by atoms with Crippen molar-refractivity contribution < 1.29 is 23.0 Å². The average Bonchev–Trinajstić information content (AvgIpc) is 3.08. The Morgan fingerprint density at radius 1 is 1.14 bits per heavy atom. The molecular weight excluding hydrogens is 379 g/mol. The van der Waals surface area contributed by atoms with Gasteiger partial charge in [0.2, 0.25) is 11.8 Å². The summed E-state index contributed by atoms with van der Waals surface area (Å²) in [6.07, 6.45) is -0.456. The van der Waals surface area contributed by atoms with Gasteiger partial charge in [-0.15, -0.1) is 0 Å². The van der Waals surface area contributed by atoms with Crippen LogP contribution in [0.15, 0.2) is 56.8 Å². The van der Waals surface area contributed by atoms with Crippen molar-refractivity contribution in [2.45, 2.75) is 6.18 Å². The molecule has 0 aliphatic carbocycles. The molecule has 10 heteroatoms. The van der Waals surface area contributed by atoms with Gasteiger partial charge in [-0.25, -0.2) is 9.79 Å². The van der Waals surface area contributed by atoms with Crippen LogP contribution in [0.5, 0.6) is 5.88 Å². The van der Waals surface area contributed by atoms with Crippen LogP contribution in [0.25, 0.3) is 6.08 Å². The van der Waals surface area contributed by atoms with Crippen molar-refractivity contribution in [2.24, 2.45) is 19.1 Å². The highest BCUT2D eigenvalue weighted by Crippen LogP contribution is 2.31. The summed E-state index contributed by atoms with van der Waals surface area (Å²) in [7, 11) is 2.56. The van der Waals surface area contributed by atoms with Gasteiger partial charge in [-0.3, -0.25) is 13.9 Å². The molecule has 2 aromatic rings. The normalized spacial score (nSPS) is 16.8. The number of hydrogen-bond acceptors (Lipinski definition) is 5. The number of halogens is 3. The second-order valence-corrected chi connectivity index (χ2v) is 5.92. The molecule has 1 aromatic carbocycles. The molecule has 3 rings (SSSR count). The highest BCUT2D eigenvalue weighted by Gasteiger charge is 2.30. The fraction of sp³-hybridized carbons (Fsp3) is 0.167. The zero-order chi connectivity index (χ0) is 20.6. The van der Waals surface area contributed by atoms with Gasteiger partial charge in [0, 0.05) is 20.2 Å². The monoisotopic (exact) mass is 393 g/mol. The van der Waals surface area contributed by atoms with Gasteiger partial charge in [-0.05, 0) is 30.4 Å². The quantitative estimate of drug-likeness (QED) is 0.850. The zero-order valence-electron chi connectivity index (χ0n) is 14.7. The molecule has 28 heavy (non-hydrogen) atoms. The van der Waals surface area contributed by atoms with Crippen molar-refractivity contribution in [1.29, 1.82) is 0 Å². The van der Waals surface area contributed by atoms with Crippen LogP contribution in [-0.4, -0.2) is 20.1 Å². The Labute approximate surface area is 156 Å². The molecule has 7 nitrogen and oxygen atoms in total. The van der Waals surface area contributed by atoms with Gasteiger partial charge in [0.1, 0.15) is 11.3 Å². The van der Waals surface area contributed by atoms with Crippen LogP contribution in [0.1, 0.15) is 11.1 Å². The van der Waals surface area contributed by atoms with Crippen molar-refractivity contribution in [3.8, 4) is 5.88 Å². The molecule has 0 amide bonds. The van der Waals surface area contributed by atoms with Gasteiger partial charge in [-0.1, -0.05) is 6.07 Å². The molecule has 0 atom stereocenters. The maximum atomic E-state index is 12.8. The molecule has 1 aliphatic rings. The van der Waals surface area contributed by atoms with Crippen molar-refractivity contribution in [1.82, 2.24) is 9.13 Å². The lowest BCUT2D eigenvalue weighted by Gasteiger charge is -2.08. The minimum Gasteiger partial charge on any atom is -0.494 e. The van der Waals surface area contributed by atoms with Gasteiger partial charge >= 0.3 is 11.9 Å². The van der Waals surface area contributed by atoms with Crippen molar-refractivity contribution in [2.75, 3.05) is 0 Å². The second kappa shape index (κ2) is 6.87. The fourth-order valence-electron chi connectivity index (χ4n) is 2.49. The first-order chi connectivity index (χ1) is 13.1. The number of nitrogens with zero attached hydrogens (tertiary/aromatic N) is 3. The van der Waals surface area contributed by atoms with Crippen LogP contribution >= 0.6 is 0 Å². The topological polar surface area (TPSA) is 85.8 Å². The Morgan fingerprint density at radius 2 is 1.86 bits per heavy atom. The molecule has 1 N–H and O–H groups in total. The van der Waals surface area contributed by atoms with E-state index in [0.29, 0.717) is 0 Å². The Morgan fingerprint density at radius 3 is 2.54 bits per heavy atom. The van der Waals surface area contributed by atoms with E-state index in [-0.39, 0.29) is 22.9 Å². The molecular formula is C18H14F3N3O4. The number of rotatable bonds is 2. The van der Waals surface area contributed by atoms with E-state index in [1.807, 2.05) is 0 Å². The molecule has 0 radical (unpaired) electrons. The lowest BCUT2D eigenvalue weighted by Crippen LogP contribution is -2.38. The van der Waals surface area contributed by atoms with E-state index in [4.69, 9.17) is 4.74 Å². The summed E-state index contributed by atoms with van der Waals surface area (Å²) >= 11 is 0. The third-order valence-corrected chi connectivity index (χ3v) is 3.98. The molecule has 0 unspecified atom stereocenters. The standard InChI is InChI=1S/C18H14F3N3O4/c1-23-15(25)13(16(26)24(2)17(23)27)9-12-6-7-14(28-12)22-11-5-3-4-10(8-11)18(19,20)21/h3-9,25H,1-2H3/b12-9+,22-14?. The molecule has 0 saturated carbocycles. The molecule has 2 heterocycles. The minimum atomic E-state index is -4.49. The van der Waals surface area contributed by atoms with Crippen LogP contribution in [0, 0.1) is 0 Å². The molecule has 0 bridgehead atoms. The first kappa shape index (κ1) is 19.2. The molecule has 0 saturated heterocycles. The van der Waals surface area contributed by atoms with Crippen LogP contribution in [0.4, 0.5) is 18.9 Å². The third kappa shape index (κ3) is 3.61. The smallest absolute Gasteiger partial charge is 0.416 e. The van der Waals surface area contributed by atoms with Crippen molar-refractivity contribution in [3.05, 3.63) is 74.1 Å². The van der Waals surface area contributed by atoms with Gasteiger partial charge in [0.25, 0.3) is 5.56 Å². The van der Waals surface area contributed by atoms with Gasteiger partial charge in [-0.2, -0.15) is 13.2 Å². The summed E-state index contributed by atoms with van der Waals surface area (Å²) < 4.78 is 45.4. The van der Waals surface area contributed by atoms with Crippen LogP contribution in [0.2, 0.25) is 0 Å². The Balaban J connectivity index is 1.92.